The van der Waals surface area contributed by atoms with Gasteiger partial charge in [-0.3, -0.25) is 4.79 Å². The summed E-state index contributed by atoms with van der Waals surface area (Å²) < 4.78 is 12.0. The van der Waals surface area contributed by atoms with E-state index in [0.717, 1.165) is 48.7 Å². The molecular weight excluding hydrogens is 326 g/mol. The highest BCUT2D eigenvalue weighted by Gasteiger charge is 2.32. The fourth-order valence-corrected chi connectivity index (χ4v) is 3.38. The number of benzene rings is 2. The molecule has 0 N–H and O–H groups in total. The number of carbonyl (C=O) groups excluding carboxylic acids is 1. The number of likely N-dealkylation sites (N-methyl/N-ethyl adjacent to an activating group) is 1. The molecule has 2 aromatic carbocycles. The second kappa shape index (κ2) is 8.37. The molecule has 0 saturated carbocycles. The second-order valence-electron chi connectivity index (χ2n) is 6.41. The molecule has 4 heteroatoms. The Hall–Kier alpha value is -2.33. The molecule has 0 aromatic heterocycles. The summed E-state index contributed by atoms with van der Waals surface area (Å²) in [4.78, 5) is 15.1. The van der Waals surface area contributed by atoms with Gasteiger partial charge in [-0.15, -0.1) is 0 Å². The van der Waals surface area contributed by atoms with Crippen molar-refractivity contribution in [3.8, 4) is 22.6 Å². The number of hydrogen-bond acceptors (Lipinski definition) is 4. The molecule has 0 unspecified atom stereocenters. The van der Waals surface area contributed by atoms with Crippen molar-refractivity contribution in [3.63, 3.8) is 0 Å². The zero-order chi connectivity index (χ0) is 18.5. The monoisotopic (exact) mass is 353 g/mol. The molecule has 0 heterocycles. The van der Waals surface area contributed by atoms with Gasteiger partial charge in [0, 0.05) is 28.8 Å². The van der Waals surface area contributed by atoms with Crippen LogP contribution in [0.5, 0.6) is 11.5 Å². The fourth-order valence-electron chi connectivity index (χ4n) is 3.38. The summed E-state index contributed by atoms with van der Waals surface area (Å²) in [5.74, 6) is 1.57. The molecule has 0 radical (unpaired) electrons. The Morgan fingerprint density at radius 1 is 0.808 bits per heavy atom. The van der Waals surface area contributed by atoms with Crippen LogP contribution in [0.1, 0.15) is 43.1 Å². The van der Waals surface area contributed by atoms with Crippen molar-refractivity contribution in [1.29, 1.82) is 0 Å². The van der Waals surface area contributed by atoms with Crippen molar-refractivity contribution < 1.29 is 14.3 Å². The summed E-state index contributed by atoms with van der Waals surface area (Å²) in [6.07, 6.45) is 0.923. The number of ether oxygens (including phenoxy) is 2. The van der Waals surface area contributed by atoms with Crippen molar-refractivity contribution in [2.45, 2.75) is 27.2 Å². The van der Waals surface area contributed by atoms with E-state index in [4.69, 9.17) is 9.47 Å². The number of fused-ring (bicyclic) bond motifs is 3. The summed E-state index contributed by atoms with van der Waals surface area (Å²) in [5.41, 5.74) is 3.15. The fraction of sp³-hybridized carbons (Fsp3) is 0.409. The summed E-state index contributed by atoms with van der Waals surface area (Å²) in [5, 5.41) is 0. The quantitative estimate of drug-likeness (QED) is 0.571. The second-order valence-corrected chi connectivity index (χ2v) is 6.41. The Morgan fingerprint density at radius 3 is 1.85 bits per heavy atom. The minimum absolute atomic E-state index is 0.0474. The summed E-state index contributed by atoms with van der Waals surface area (Å²) in [7, 11) is 0. The molecule has 0 atom stereocenters. The Kier molecular flexibility index (Phi) is 5.94. The molecule has 1 aliphatic rings. The van der Waals surface area contributed by atoms with E-state index in [0.29, 0.717) is 24.3 Å². The lowest BCUT2D eigenvalue weighted by molar-refractivity contribution is 0.104. The van der Waals surface area contributed by atoms with E-state index in [2.05, 4.69) is 25.7 Å². The molecule has 0 amide bonds. The minimum Gasteiger partial charge on any atom is -0.493 e. The van der Waals surface area contributed by atoms with E-state index in [1.165, 1.54) is 0 Å². The molecule has 0 saturated heterocycles. The number of carbonyl (C=O) groups is 1. The highest BCUT2D eigenvalue weighted by Crippen LogP contribution is 2.47. The van der Waals surface area contributed by atoms with Crippen LogP contribution in [0.3, 0.4) is 0 Å². The Balaban J connectivity index is 1.93. The maximum atomic E-state index is 12.8. The predicted octanol–water partition coefficient (Wildman–Crippen LogP) is 4.41. The lowest BCUT2D eigenvalue weighted by Gasteiger charge is -2.19. The van der Waals surface area contributed by atoms with Gasteiger partial charge in [-0.1, -0.05) is 45.0 Å². The van der Waals surface area contributed by atoms with Gasteiger partial charge in [0.2, 0.25) is 0 Å². The lowest BCUT2D eigenvalue weighted by atomic mass is 10.0. The van der Waals surface area contributed by atoms with Crippen LogP contribution in [0.4, 0.5) is 0 Å². The molecule has 0 spiro atoms. The maximum absolute atomic E-state index is 12.8. The lowest BCUT2D eigenvalue weighted by Crippen LogP contribution is -2.28. The minimum atomic E-state index is 0.0474. The van der Waals surface area contributed by atoms with Crippen molar-refractivity contribution in [1.82, 2.24) is 4.90 Å². The highest BCUT2D eigenvalue weighted by atomic mass is 16.5. The number of ketones is 1. The van der Waals surface area contributed by atoms with Gasteiger partial charge in [-0.25, -0.2) is 0 Å². The van der Waals surface area contributed by atoms with E-state index in [1.807, 2.05) is 36.4 Å². The first-order valence-corrected chi connectivity index (χ1v) is 9.50. The standard InChI is InChI=1S/C22H27NO3/c1-4-14-25-18-11-7-9-16-20(18)21-17(22(16)24)10-8-12-19(21)26-15-13-23(5-2)6-3/h7-12H,4-6,13-15H2,1-3H3. The first kappa shape index (κ1) is 18.5. The van der Waals surface area contributed by atoms with E-state index < -0.39 is 0 Å². The third-order valence-electron chi connectivity index (χ3n) is 4.81. The number of rotatable bonds is 9. The van der Waals surface area contributed by atoms with Crippen LogP contribution >= 0.6 is 0 Å². The normalized spacial score (nSPS) is 12.2. The van der Waals surface area contributed by atoms with Crippen molar-refractivity contribution >= 4 is 5.78 Å². The van der Waals surface area contributed by atoms with Crippen molar-refractivity contribution in [2.24, 2.45) is 0 Å². The van der Waals surface area contributed by atoms with Gasteiger partial charge >= 0.3 is 0 Å². The van der Waals surface area contributed by atoms with Gasteiger partial charge in [-0.05, 0) is 31.6 Å². The average Bonchev–Trinajstić information content (AvgIpc) is 2.97. The molecule has 1 aliphatic carbocycles. The molecule has 138 valence electrons. The van der Waals surface area contributed by atoms with Gasteiger partial charge in [0.1, 0.15) is 18.1 Å². The van der Waals surface area contributed by atoms with Crippen molar-refractivity contribution in [2.75, 3.05) is 32.8 Å². The van der Waals surface area contributed by atoms with E-state index in [9.17, 15) is 4.79 Å². The zero-order valence-electron chi connectivity index (χ0n) is 15.9. The third-order valence-corrected chi connectivity index (χ3v) is 4.81. The number of nitrogens with zero attached hydrogens (tertiary/aromatic N) is 1. The largest absolute Gasteiger partial charge is 0.493 e. The van der Waals surface area contributed by atoms with E-state index >= 15 is 0 Å². The van der Waals surface area contributed by atoms with E-state index in [-0.39, 0.29) is 5.78 Å². The molecule has 3 rings (SSSR count). The van der Waals surface area contributed by atoms with Gasteiger partial charge in [-0.2, -0.15) is 0 Å². The van der Waals surface area contributed by atoms with Crippen molar-refractivity contribution in [3.05, 3.63) is 47.5 Å². The Bertz CT molecular complexity index is 781. The topological polar surface area (TPSA) is 38.8 Å². The zero-order valence-corrected chi connectivity index (χ0v) is 15.9. The van der Waals surface area contributed by atoms with Crippen LogP contribution in [-0.4, -0.2) is 43.5 Å². The molecular formula is C22H27NO3. The van der Waals surface area contributed by atoms with Gasteiger partial charge in [0.25, 0.3) is 0 Å². The molecule has 0 bridgehead atoms. The van der Waals surface area contributed by atoms with E-state index in [1.54, 1.807) is 0 Å². The summed E-state index contributed by atoms with van der Waals surface area (Å²) >= 11 is 0. The summed E-state index contributed by atoms with van der Waals surface area (Å²) in [6, 6.07) is 11.4. The molecule has 0 aliphatic heterocycles. The predicted molar refractivity (Wildman–Crippen MR) is 104 cm³/mol. The van der Waals surface area contributed by atoms with Crippen LogP contribution in [-0.2, 0) is 0 Å². The third kappa shape index (κ3) is 3.47. The molecule has 4 nitrogen and oxygen atoms in total. The number of hydrogen-bond donors (Lipinski definition) is 0. The van der Waals surface area contributed by atoms with Crippen LogP contribution in [0.25, 0.3) is 11.1 Å². The molecule has 26 heavy (non-hydrogen) atoms. The SMILES string of the molecule is CCCOc1cccc2c1-c1c(OCCN(CC)CC)cccc1C2=O. The Morgan fingerprint density at radius 2 is 1.35 bits per heavy atom. The smallest absolute Gasteiger partial charge is 0.194 e. The van der Waals surface area contributed by atoms with Crippen LogP contribution < -0.4 is 9.47 Å². The molecule has 2 aromatic rings. The summed E-state index contributed by atoms with van der Waals surface area (Å²) in [6.45, 7) is 10.5. The van der Waals surface area contributed by atoms with Crippen LogP contribution in [0, 0.1) is 0 Å². The molecule has 0 fully saturated rings. The maximum Gasteiger partial charge on any atom is 0.194 e. The Labute approximate surface area is 155 Å². The first-order chi connectivity index (χ1) is 12.7. The average molecular weight is 353 g/mol. The van der Waals surface area contributed by atoms with Gasteiger partial charge in [0.15, 0.2) is 5.78 Å². The van der Waals surface area contributed by atoms with Crippen LogP contribution in [0.15, 0.2) is 36.4 Å². The van der Waals surface area contributed by atoms with Gasteiger partial charge in [0.05, 0.1) is 6.61 Å². The van der Waals surface area contributed by atoms with Gasteiger partial charge < -0.3 is 14.4 Å². The highest BCUT2D eigenvalue weighted by molar-refractivity contribution is 6.23. The first-order valence-electron chi connectivity index (χ1n) is 9.50. The van der Waals surface area contributed by atoms with Crippen LogP contribution in [0.2, 0.25) is 0 Å².